The summed E-state index contributed by atoms with van der Waals surface area (Å²) in [6, 6.07) is 7.49. The number of nitrogens with two attached hydrogens (primary N) is 1. The molecule has 1 aromatic carbocycles. The standard InChI is InChI=1S/C26H45N3O2.C2H6/c1-4-7-11-24(28-17-16-27)22-26(30)23-12-14-25(15-13-23)31-21-10-20-29(18-8-5-2)19-9-6-3;1-2/h12-15,22,28H,4-11,16-21,27H2,1-3H3;1-2H3/b24-22+;. The van der Waals surface area contributed by atoms with E-state index in [9.17, 15) is 4.79 Å². The van der Waals surface area contributed by atoms with E-state index in [2.05, 4.69) is 31.0 Å². The van der Waals surface area contributed by atoms with Gasteiger partial charge in [-0.2, -0.15) is 0 Å². The molecule has 190 valence electrons. The molecule has 0 saturated carbocycles. The number of ether oxygens (including phenoxy) is 1. The molecule has 1 aromatic rings. The molecule has 0 saturated heterocycles. The van der Waals surface area contributed by atoms with E-state index in [0.29, 0.717) is 25.3 Å². The summed E-state index contributed by atoms with van der Waals surface area (Å²) in [6.07, 6.45) is 10.7. The van der Waals surface area contributed by atoms with Gasteiger partial charge in [0.15, 0.2) is 5.78 Å². The molecule has 0 radical (unpaired) electrons. The normalized spacial score (nSPS) is 11.2. The molecule has 0 heterocycles. The van der Waals surface area contributed by atoms with E-state index in [1.807, 2.05) is 38.1 Å². The van der Waals surface area contributed by atoms with Crippen molar-refractivity contribution in [3.05, 3.63) is 41.6 Å². The first-order chi connectivity index (χ1) is 16.1. The lowest BCUT2D eigenvalue weighted by Crippen LogP contribution is -2.28. The van der Waals surface area contributed by atoms with E-state index in [-0.39, 0.29) is 5.78 Å². The van der Waals surface area contributed by atoms with Crippen LogP contribution in [0.4, 0.5) is 0 Å². The number of benzene rings is 1. The summed E-state index contributed by atoms with van der Waals surface area (Å²) in [5, 5.41) is 3.27. The first kappa shape index (κ1) is 31.1. The molecule has 0 spiro atoms. The van der Waals surface area contributed by atoms with Crippen molar-refractivity contribution in [2.45, 2.75) is 86.0 Å². The highest BCUT2D eigenvalue weighted by Crippen LogP contribution is 2.15. The monoisotopic (exact) mass is 461 g/mol. The van der Waals surface area contributed by atoms with Gasteiger partial charge in [0, 0.05) is 37.0 Å². The third kappa shape index (κ3) is 15.6. The Morgan fingerprint density at radius 1 is 0.939 bits per heavy atom. The average molecular weight is 462 g/mol. The van der Waals surface area contributed by atoms with Gasteiger partial charge in [-0.15, -0.1) is 0 Å². The lowest BCUT2D eigenvalue weighted by molar-refractivity contribution is 0.104. The zero-order valence-corrected chi connectivity index (χ0v) is 22.1. The van der Waals surface area contributed by atoms with Crippen LogP contribution in [0.5, 0.6) is 5.75 Å². The van der Waals surface area contributed by atoms with Crippen LogP contribution in [0.15, 0.2) is 36.0 Å². The summed E-state index contributed by atoms with van der Waals surface area (Å²) >= 11 is 0. The van der Waals surface area contributed by atoms with Crippen molar-refractivity contribution in [1.29, 1.82) is 0 Å². The van der Waals surface area contributed by atoms with Gasteiger partial charge in [-0.05, 0) is 69.5 Å². The Kier molecular flexibility index (Phi) is 20.7. The van der Waals surface area contributed by atoms with Crippen molar-refractivity contribution in [3.63, 3.8) is 0 Å². The van der Waals surface area contributed by atoms with Crippen molar-refractivity contribution in [2.75, 3.05) is 39.3 Å². The van der Waals surface area contributed by atoms with Crippen molar-refractivity contribution < 1.29 is 9.53 Å². The maximum Gasteiger partial charge on any atom is 0.187 e. The third-order valence-electron chi connectivity index (χ3n) is 5.28. The molecule has 0 bridgehead atoms. The van der Waals surface area contributed by atoms with Crippen LogP contribution in [0, 0.1) is 0 Å². The minimum atomic E-state index is 0.0182. The number of allylic oxidation sites excluding steroid dienone is 2. The molecule has 3 N–H and O–H groups in total. The maximum absolute atomic E-state index is 12.6. The molecule has 5 heteroatoms. The molecular formula is C28H51N3O2. The van der Waals surface area contributed by atoms with Gasteiger partial charge in [0.2, 0.25) is 0 Å². The number of nitrogens with zero attached hydrogens (tertiary/aromatic N) is 1. The number of ketones is 1. The predicted octanol–water partition coefficient (Wildman–Crippen LogP) is 6.19. The average Bonchev–Trinajstić information content (AvgIpc) is 2.86. The molecule has 1 rings (SSSR count). The second kappa shape index (κ2) is 22.0. The van der Waals surface area contributed by atoms with Crippen molar-refractivity contribution >= 4 is 5.78 Å². The molecule has 0 unspecified atom stereocenters. The molecular weight excluding hydrogens is 410 g/mol. The van der Waals surface area contributed by atoms with Crippen molar-refractivity contribution in [3.8, 4) is 5.75 Å². The first-order valence-electron chi connectivity index (χ1n) is 13.3. The Morgan fingerprint density at radius 3 is 2.06 bits per heavy atom. The second-order valence-corrected chi connectivity index (χ2v) is 8.13. The van der Waals surface area contributed by atoms with Gasteiger partial charge in [0.1, 0.15) is 5.75 Å². The molecule has 5 nitrogen and oxygen atoms in total. The fraction of sp³-hybridized carbons (Fsp3) is 0.679. The lowest BCUT2D eigenvalue weighted by atomic mass is 10.1. The van der Waals surface area contributed by atoms with E-state index in [4.69, 9.17) is 10.5 Å². The predicted molar refractivity (Wildman–Crippen MR) is 143 cm³/mol. The number of carbonyl (C=O) groups excluding carboxylic acids is 1. The van der Waals surface area contributed by atoms with E-state index in [1.165, 1.54) is 38.8 Å². The largest absolute Gasteiger partial charge is 0.494 e. The quantitative estimate of drug-likeness (QED) is 0.146. The second-order valence-electron chi connectivity index (χ2n) is 8.13. The van der Waals surface area contributed by atoms with E-state index >= 15 is 0 Å². The summed E-state index contributed by atoms with van der Waals surface area (Å²) in [6.45, 7) is 16.0. The third-order valence-corrected chi connectivity index (χ3v) is 5.28. The Bertz CT molecular complexity index is 596. The van der Waals surface area contributed by atoms with Gasteiger partial charge < -0.3 is 20.7 Å². The number of hydrogen-bond acceptors (Lipinski definition) is 5. The molecule has 0 amide bonds. The molecule has 0 aliphatic carbocycles. The van der Waals surface area contributed by atoms with Gasteiger partial charge in [-0.3, -0.25) is 4.79 Å². The smallest absolute Gasteiger partial charge is 0.187 e. The van der Waals surface area contributed by atoms with Crippen LogP contribution in [-0.2, 0) is 0 Å². The maximum atomic E-state index is 12.6. The molecule has 0 aliphatic rings. The number of nitrogens with one attached hydrogen (secondary N) is 1. The van der Waals surface area contributed by atoms with Crippen LogP contribution >= 0.6 is 0 Å². The van der Waals surface area contributed by atoms with Crippen LogP contribution in [0.1, 0.15) is 96.3 Å². The number of hydrogen-bond donors (Lipinski definition) is 2. The fourth-order valence-electron chi connectivity index (χ4n) is 3.35. The Morgan fingerprint density at radius 2 is 1.52 bits per heavy atom. The van der Waals surface area contributed by atoms with Gasteiger partial charge in [0.05, 0.1) is 6.61 Å². The summed E-state index contributed by atoms with van der Waals surface area (Å²) in [5.41, 5.74) is 7.23. The Balaban J connectivity index is 0.00000497. The number of rotatable bonds is 19. The van der Waals surface area contributed by atoms with Gasteiger partial charge in [0.25, 0.3) is 0 Å². The summed E-state index contributed by atoms with van der Waals surface area (Å²) in [5.74, 6) is 0.839. The summed E-state index contributed by atoms with van der Waals surface area (Å²) in [7, 11) is 0. The lowest BCUT2D eigenvalue weighted by Gasteiger charge is -2.21. The van der Waals surface area contributed by atoms with E-state index in [0.717, 1.165) is 43.7 Å². The zero-order chi connectivity index (χ0) is 24.7. The van der Waals surface area contributed by atoms with Crippen LogP contribution in [0.2, 0.25) is 0 Å². The van der Waals surface area contributed by atoms with Gasteiger partial charge in [-0.25, -0.2) is 0 Å². The van der Waals surface area contributed by atoms with Crippen molar-refractivity contribution in [2.24, 2.45) is 5.73 Å². The highest BCUT2D eigenvalue weighted by Gasteiger charge is 2.07. The summed E-state index contributed by atoms with van der Waals surface area (Å²) < 4.78 is 5.91. The van der Waals surface area contributed by atoms with E-state index < -0.39 is 0 Å². The topological polar surface area (TPSA) is 67.6 Å². The molecule has 33 heavy (non-hydrogen) atoms. The molecule has 0 fully saturated rings. The van der Waals surface area contributed by atoms with E-state index in [1.54, 1.807) is 6.08 Å². The minimum absolute atomic E-state index is 0.0182. The molecule has 0 atom stereocenters. The highest BCUT2D eigenvalue weighted by atomic mass is 16.5. The minimum Gasteiger partial charge on any atom is -0.494 e. The van der Waals surface area contributed by atoms with Crippen molar-refractivity contribution in [1.82, 2.24) is 10.2 Å². The van der Waals surface area contributed by atoms with Crippen LogP contribution in [0.25, 0.3) is 0 Å². The Labute approximate surface area is 204 Å². The SMILES string of the molecule is CC.CCCC/C(=C\C(=O)c1ccc(OCCCN(CCCC)CCCC)cc1)NCCN. The van der Waals surface area contributed by atoms with Crippen LogP contribution in [-0.4, -0.2) is 50.0 Å². The summed E-state index contributed by atoms with van der Waals surface area (Å²) in [4.78, 5) is 15.2. The zero-order valence-electron chi connectivity index (χ0n) is 22.1. The number of carbonyl (C=O) groups is 1. The molecule has 0 aliphatic heterocycles. The van der Waals surface area contributed by atoms with Crippen LogP contribution < -0.4 is 15.8 Å². The van der Waals surface area contributed by atoms with Gasteiger partial charge in [-0.1, -0.05) is 53.9 Å². The highest BCUT2D eigenvalue weighted by molar-refractivity contribution is 6.04. The first-order valence-corrected chi connectivity index (χ1v) is 13.3. The Hall–Kier alpha value is -1.85. The number of unbranched alkanes of at least 4 members (excludes halogenated alkanes) is 3. The fourth-order valence-corrected chi connectivity index (χ4v) is 3.35. The van der Waals surface area contributed by atoms with Gasteiger partial charge >= 0.3 is 0 Å². The van der Waals surface area contributed by atoms with Crippen LogP contribution in [0.3, 0.4) is 0 Å². The molecule has 0 aromatic heterocycles.